The molecule has 3 aromatic rings. The lowest BCUT2D eigenvalue weighted by Crippen LogP contribution is -2.23. The first-order chi connectivity index (χ1) is 14.3. The number of fused-ring (bicyclic) bond motifs is 2. The monoisotopic (exact) mass is 421 g/mol. The number of carbonyl (C=O) groups excluding carboxylic acids is 1. The normalized spacial score (nSPS) is 13.7. The summed E-state index contributed by atoms with van der Waals surface area (Å²) in [6.07, 6.45) is -4.08. The van der Waals surface area contributed by atoms with Crippen molar-refractivity contribution >= 4 is 22.6 Å². The molecule has 1 amide bonds. The summed E-state index contributed by atoms with van der Waals surface area (Å²) in [7, 11) is 1.51. The van der Waals surface area contributed by atoms with E-state index in [1.807, 2.05) is 0 Å². The summed E-state index contributed by atoms with van der Waals surface area (Å²) in [4.78, 5) is 16.2. The number of aromatic nitrogens is 2. The quantitative estimate of drug-likeness (QED) is 0.693. The second-order valence-electron chi connectivity index (χ2n) is 6.63. The van der Waals surface area contributed by atoms with E-state index in [1.165, 1.54) is 19.2 Å². The van der Waals surface area contributed by atoms with Crippen molar-refractivity contribution in [3.05, 3.63) is 42.2 Å². The third-order valence-electron chi connectivity index (χ3n) is 4.55. The number of rotatable bonds is 4. The highest BCUT2D eigenvalue weighted by atomic mass is 19.4. The molecule has 1 N–H and O–H groups in total. The van der Waals surface area contributed by atoms with E-state index in [1.54, 1.807) is 24.3 Å². The van der Waals surface area contributed by atoms with Gasteiger partial charge in [-0.1, -0.05) is 0 Å². The molecule has 7 nitrogen and oxygen atoms in total. The number of nitrogens with one attached hydrogen (secondary N) is 1. The Morgan fingerprint density at radius 3 is 2.47 bits per heavy atom. The maximum absolute atomic E-state index is 13.6. The van der Waals surface area contributed by atoms with E-state index < -0.39 is 24.5 Å². The van der Waals surface area contributed by atoms with Crippen molar-refractivity contribution in [1.82, 2.24) is 9.55 Å². The predicted molar refractivity (Wildman–Crippen MR) is 102 cm³/mol. The number of methoxy groups -OCH3 is 1. The zero-order chi connectivity index (χ0) is 21.3. The van der Waals surface area contributed by atoms with Crippen LogP contribution in [0.15, 0.2) is 36.4 Å². The molecule has 1 aliphatic rings. The summed E-state index contributed by atoms with van der Waals surface area (Å²) in [5.41, 5.74) is 0.643. The predicted octanol–water partition coefficient (Wildman–Crippen LogP) is 3.86. The number of anilines is 1. The molecule has 10 heteroatoms. The summed E-state index contributed by atoms with van der Waals surface area (Å²) in [6.45, 7) is 0.212. The van der Waals surface area contributed by atoms with Crippen molar-refractivity contribution in [3.8, 4) is 17.2 Å². The highest BCUT2D eigenvalue weighted by molar-refractivity contribution is 5.92. The summed E-state index contributed by atoms with van der Waals surface area (Å²) < 4.78 is 57.8. The number of benzene rings is 2. The summed E-state index contributed by atoms with van der Waals surface area (Å²) in [5.74, 6) is -0.540. The minimum atomic E-state index is -4.74. The molecule has 0 unspecified atom stereocenters. The molecule has 0 atom stereocenters. The standard InChI is InChI=1S/C20H18F3N3O4/c1-28-13-5-3-12(4-6-13)24-18(27)11-26-15-10-17-16(29-7-2-8-30-17)9-14(15)25-19(26)20(21,22)23/h3-6,9-10H,2,7-8,11H2,1H3,(H,24,27). The molecule has 1 aliphatic heterocycles. The molecule has 0 saturated carbocycles. The molecule has 0 saturated heterocycles. The molecule has 0 spiro atoms. The molecule has 0 fully saturated rings. The number of imidazole rings is 1. The van der Waals surface area contributed by atoms with Crippen LogP contribution in [-0.4, -0.2) is 35.8 Å². The third-order valence-corrected chi connectivity index (χ3v) is 4.55. The van der Waals surface area contributed by atoms with Crippen LogP contribution >= 0.6 is 0 Å². The van der Waals surface area contributed by atoms with Gasteiger partial charge >= 0.3 is 6.18 Å². The van der Waals surface area contributed by atoms with Crippen molar-refractivity contribution in [2.45, 2.75) is 19.1 Å². The van der Waals surface area contributed by atoms with E-state index in [0.29, 0.717) is 42.6 Å². The van der Waals surface area contributed by atoms with Crippen molar-refractivity contribution in [2.24, 2.45) is 0 Å². The second kappa shape index (κ2) is 7.77. The molecular weight excluding hydrogens is 403 g/mol. The van der Waals surface area contributed by atoms with Crippen LogP contribution in [0.4, 0.5) is 18.9 Å². The van der Waals surface area contributed by atoms with Crippen LogP contribution in [0, 0.1) is 0 Å². The Balaban J connectivity index is 1.68. The van der Waals surface area contributed by atoms with E-state index in [2.05, 4.69) is 10.3 Å². The Morgan fingerprint density at radius 2 is 1.83 bits per heavy atom. The fourth-order valence-electron chi connectivity index (χ4n) is 3.18. The number of alkyl halides is 3. The van der Waals surface area contributed by atoms with Crippen LogP contribution in [0.5, 0.6) is 17.2 Å². The molecule has 0 radical (unpaired) electrons. The zero-order valence-corrected chi connectivity index (χ0v) is 16.0. The van der Waals surface area contributed by atoms with E-state index >= 15 is 0 Å². The van der Waals surface area contributed by atoms with Gasteiger partial charge in [0.1, 0.15) is 12.3 Å². The van der Waals surface area contributed by atoms with Gasteiger partial charge in [0.05, 0.1) is 31.4 Å². The number of halogens is 3. The molecule has 2 heterocycles. The van der Waals surface area contributed by atoms with Gasteiger partial charge in [0.2, 0.25) is 11.7 Å². The van der Waals surface area contributed by atoms with Gasteiger partial charge in [0, 0.05) is 24.2 Å². The molecule has 30 heavy (non-hydrogen) atoms. The van der Waals surface area contributed by atoms with E-state index in [-0.39, 0.29) is 11.0 Å². The average molecular weight is 421 g/mol. The van der Waals surface area contributed by atoms with Gasteiger partial charge < -0.3 is 24.1 Å². The van der Waals surface area contributed by atoms with E-state index in [9.17, 15) is 18.0 Å². The average Bonchev–Trinajstić information content (AvgIpc) is 2.90. The SMILES string of the molecule is COc1ccc(NC(=O)Cn2c(C(F)(F)F)nc3cc4c(cc32)OCCCO4)cc1. The number of carbonyl (C=O) groups is 1. The van der Waals surface area contributed by atoms with Gasteiger partial charge in [-0.05, 0) is 24.3 Å². The highest BCUT2D eigenvalue weighted by Gasteiger charge is 2.38. The van der Waals surface area contributed by atoms with Crippen LogP contribution < -0.4 is 19.5 Å². The van der Waals surface area contributed by atoms with Crippen molar-refractivity contribution in [1.29, 1.82) is 0 Å². The van der Waals surface area contributed by atoms with Crippen LogP contribution in [-0.2, 0) is 17.5 Å². The van der Waals surface area contributed by atoms with Gasteiger partial charge in [-0.3, -0.25) is 4.79 Å². The fraction of sp³-hybridized carbons (Fsp3) is 0.300. The molecular formula is C20H18F3N3O4. The minimum Gasteiger partial charge on any atom is -0.497 e. The van der Waals surface area contributed by atoms with Gasteiger partial charge in [-0.2, -0.15) is 13.2 Å². The van der Waals surface area contributed by atoms with Crippen LogP contribution in [0.1, 0.15) is 12.2 Å². The Bertz CT molecular complexity index is 1080. The Morgan fingerprint density at radius 1 is 1.17 bits per heavy atom. The maximum Gasteiger partial charge on any atom is 0.449 e. The van der Waals surface area contributed by atoms with E-state index in [4.69, 9.17) is 14.2 Å². The van der Waals surface area contributed by atoms with Crippen LogP contribution in [0.3, 0.4) is 0 Å². The summed E-state index contributed by atoms with van der Waals surface area (Å²) >= 11 is 0. The Kier molecular flexibility index (Phi) is 5.15. The maximum atomic E-state index is 13.6. The zero-order valence-electron chi connectivity index (χ0n) is 16.0. The summed E-state index contributed by atoms with van der Waals surface area (Å²) in [6, 6.07) is 9.30. The number of nitrogens with zero attached hydrogens (tertiary/aromatic N) is 2. The van der Waals surface area contributed by atoms with Crippen molar-refractivity contribution < 1.29 is 32.2 Å². The largest absolute Gasteiger partial charge is 0.497 e. The first-order valence-electron chi connectivity index (χ1n) is 9.16. The van der Waals surface area contributed by atoms with Crippen LogP contribution in [0.25, 0.3) is 11.0 Å². The highest BCUT2D eigenvalue weighted by Crippen LogP contribution is 2.37. The Labute approximate surface area is 169 Å². The lowest BCUT2D eigenvalue weighted by atomic mass is 10.2. The molecule has 0 bridgehead atoms. The number of amides is 1. The van der Waals surface area contributed by atoms with Crippen molar-refractivity contribution in [2.75, 3.05) is 25.6 Å². The molecule has 1 aromatic heterocycles. The molecule has 2 aromatic carbocycles. The van der Waals surface area contributed by atoms with E-state index in [0.717, 1.165) is 4.57 Å². The molecule has 4 rings (SSSR count). The number of hydrogen-bond acceptors (Lipinski definition) is 5. The van der Waals surface area contributed by atoms with Gasteiger partial charge in [-0.15, -0.1) is 0 Å². The van der Waals surface area contributed by atoms with Gasteiger partial charge in [0.25, 0.3) is 0 Å². The first kappa shape index (κ1) is 19.9. The van der Waals surface area contributed by atoms with Crippen LogP contribution in [0.2, 0.25) is 0 Å². The number of ether oxygens (including phenoxy) is 3. The van der Waals surface area contributed by atoms with Crippen molar-refractivity contribution in [3.63, 3.8) is 0 Å². The lowest BCUT2D eigenvalue weighted by molar-refractivity contribution is -0.147. The van der Waals surface area contributed by atoms with Gasteiger partial charge in [-0.25, -0.2) is 4.98 Å². The first-order valence-corrected chi connectivity index (χ1v) is 9.16. The third kappa shape index (κ3) is 3.98. The lowest BCUT2D eigenvalue weighted by Gasteiger charge is -2.13. The fourth-order valence-corrected chi connectivity index (χ4v) is 3.18. The number of hydrogen-bond donors (Lipinski definition) is 1. The van der Waals surface area contributed by atoms with Gasteiger partial charge in [0.15, 0.2) is 11.5 Å². The topological polar surface area (TPSA) is 74.6 Å². The Hall–Kier alpha value is -3.43. The minimum absolute atomic E-state index is 0.0730. The molecule has 158 valence electrons. The second-order valence-corrected chi connectivity index (χ2v) is 6.63. The smallest absolute Gasteiger partial charge is 0.449 e. The molecule has 0 aliphatic carbocycles. The summed E-state index contributed by atoms with van der Waals surface area (Å²) in [5, 5.41) is 2.58.